The number of amides is 2. The number of halogens is 1. The number of carbonyl (C=O) groups is 2. The zero-order valence-electron chi connectivity index (χ0n) is 16.3. The molecule has 0 aliphatic heterocycles. The molecular weight excluding hydrogens is 402 g/mol. The Morgan fingerprint density at radius 2 is 1.67 bits per heavy atom. The Hall–Kier alpha value is -3.64. The third-order valence-electron chi connectivity index (χ3n) is 4.09. The van der Waals surface area contributed by atoms with E-state index in [0.717, 1.165) is 11.3 Å². The van der Waals surface area contributed by atoms with Gasteiger partial charge in [-0.15, -0.1) is 0 Å². The number of ether oxygens (including phenoxy) is 1. The summed E-state index contributed by atoms with van der Waals surface area (Å²) < 4.78 is 5.38. The maximum absolute atomic E-state index is 12.3. The second-order valence-corrected chi connectivity index (χ2v) is 6.62. The van der Waals surface area contributed by atoms with E-state index in [1.54, 1.807) is 54.7 Å². The van der Waals surface area contributed by atoms with Crippen LogP contribution >= 0.6 is 11.6 Å². The third kappa shape index (κ3) is 5.68. The van der Waals surface area contributed by atoms with Crippen LogP contribution in [0.25, 0.3) is 0 Å². The van der Waals surface area contributed by atoms with Gasteiger partial charge in [0.25, 0.3) is 11.8 Å². The minimum atomic E-state index is -0.360. The van der Waals surface area contributed by atoms with Crippen LogP contribution in [-0.2, 0) is 0 Å². The van der Waals surface area contributed by atoms with E-state index in [1.807, 2.05) is 31.2 Å². The zero-order valence-corrected chi connectivity index (χ0v) is 17.0. The fourth-order valence-corrected chi connectivity index (χ4v) is 2.82. The van der Waals surface area contributed by atoms with Crippen molar-refractivity contribution in [1.29, 1.82) is 0 Å². The lowest BCUT2D eigenvalue weighted by Gasteiger charge is -2.07. The van der Waals surface area contributed by atoms with Crippen molar-refractivity contribution in [2.24, 2.45) is 5.10 Å². The van der Waals surface area contributed by atoms with E-state index in [9.17, 15) is 9.59 Å². The second-order valence-electron chi connectivity index (χ2n) is 6.21. The first-order valence-corrected chi connectivity index (χ1v) is 9.67. The second kappa shape index (κ2) is 10.2. The van der Waals surface area contributed by atoms with Gasteiger partial charge in [-0.1, -0.05) is 23.7 Å². The molecule has 7 heteroatoms. The third-order valence-corrected chi connectivity index (χ3v) is 4.42. The average molecular weight is 422 g/mol. The molecule has 3 aromatic carbocycles. The molecule has 3 rings (SSSR count). The number of benzene rings is 3. The summed E-state index contributed by atoms with van der Waals surface area (Å²) in [6.07, 6.45) is 1.55. The molecule has 0 bridgehead atoms. The van der Waals surface area contributed by atoms with E-state index >= 15 is 0 Å². The molecule has 0 aromatic heterocycles. The quantitative estimate of drug-likeness (QED) is 0.426. The Labute approximate surface area is 179 Å². The van der Waals surface area contributed by atoms with Gasteiger partial charge in [-0.05, 0) is 73.2 Å². The summed E-state index contributed by atoms with van der Waals surface area (Å²) in [6.45, 7) is 2.52. The van der Waals surface area contributed by atoms with Crippen LogP contribution in [0.5, 0.6) is 5.75 Å². The van der Waals surface area contributed by atoms with E-state index in [-0.39, 0.29) is 11.8 Å². The van der Waals surface area contributed by atoms with Crippen LogP contribution in [0.1, 0.15) is 33.2 Å². The summed E-state index contributed by atoms with van der Waals surface area (Å²) in [4.78, 5) is 24.5. The number of hydrazone groups is 1. The number of nitrogens with one attached hydrogen (secondary N) is 2. The molecule has 0 heterocycles. The molecule has 0 aliphatic rings. The van der Waals surface area contributed by atoms with Crippen molar-refractivity contribution >= 4 is 35.3 Å². The Morgan fingerprint density at radius 3 is 2.33 bits per heavy atom. The van der Waals surface area contributed by atoms with Gasteiger partial charge < -0.3 is 10.1 Å². The SMILES string of the molecule is CCOc1ccc(/C=N\NC(=O)c2ccc(NC(=O)c3ccccc3Cl)cc2)cc1. The molecule has 0 unspecified atom stereocenters. The first-order valence-electron chi connectivity index (χ1n) is 9.29. The first-order chi connectivity index (χ1) is 14.6. The monoisotopic (exact) mass is 421 g/mol. The molecule has 2 amide bonds. The summed E-state index contributed by atoms with van der Waals surface area (Å²) in [5.41, 5.74) is 4.65. The number of nitrogens with zero attached hydrogens (tertiary/aromatic N) is 1. The van der Waals surface area contributed by atoms with Crippen molar-refractivity contribution in [2.75, 3.05) is 11.9 Å². The predicted octanol–water partition coefficient (Wildman–Crippen LogP) is 4.75. The van der Waals surface area contributed by atoms with Crippen molar-refractivity contribution in [3.05, 3.63) is 94.5 Å². The summed E-state index contributed by atoms with van der Waals surface area (Å²) in [5.74, 6) is 0.0966. The summed E-state index contributed by atoms with van der Waals surface area (Å²) >= 11 is 6.03. The van der Waals surface area contributed by atoms with E-state index in [0.29, 0.717) is 28.4 Å². The maximum atomic E-state index is 12.3. The highest BCUT2D eigenvalue weighted by molar-refractivity contribution is 6.34. The van der Waals surface area contributed by atoms with Crippen molar-refractivity contribution in [3.8, 4) is 5.75 Å². The van der Waals surface area contributed by atoms with Crippen LogP contribution in [0.2, 0.25) is 5.02 Å². The molecule has 0 radical (unpaired) electrons. The molecule has 0 fully saturated rings. The highest BCUT2D eigenvalue weighted by Crippen LogP contribution is 2.17. The molecule has 152 valence electrons. The fourth-order valence-electron chi connectivity index (χ4n) is 2.60. The molecular formula is C23H20ClN3O3. The predicted molar refractivity (Wildman–Crippen MR) is 119 cm³/mol. The van der Waals surface area contributed by atoms with Crippen LogP contribution in [0.3, 0.4) is 0 Å². The van der Waals surface area contributed by atoms with Gasteiger partial charge in [0.05, 0.1) is 23.4 Å². The van der Waals surface area contributed by atoms with E-state index in [4.69, 9.17) is 16.3 Å². The number of hydrogen-bond acceptors (Lipinski definition) is 4. The largest absolute Gasteiger partial charge is 0.494 e. The van der Waals surface area contributed by atoms with Gasteiger partial charge in [0.15, 0.2) is 0 Å². The van der Waals surface area contributed by atoms with Gasteiger partial charge in [-0.3, -0.25) is 9.59 Å². The first kappa shape index (κ1) is 21.1. The lowest BCUT2D eigenvalue weighted by molar-refractivity contribution is 0.0954. The number of anilines is 1. The van der Waals surface area contributed by atoms with E-state index in [1.165, 1.54) is 0 Å². The minimum Gasteiger partial charge on any atom is -0.494 e. The summed E-state index contributed by atoms with van der Waals surface area (Å²) in [7, 11) is 0. The molecule has 0 aliphatic carbocycles. The molecule has 6 nitrogen and oxygen atoms in total. The van der Waals surface area contributed by atoms with E-state index in [2.05, 4.69) is 15.8 Å². The van der Waals surface area contributed by atoms with Crippen molar-refractivity contribution in [1.82, 2.24) is 5.43 Å². The summed E-state index contributed by atoms with van der Waals surface area (Å²) in [6, 6.07) is 20.6. The van der Waals surface area contributed by atoms with Crippen molar-refractivity contribution in [2.45, 2.75) is 6.92 Å². The molecule has 0 saturated carbocycles. The Morgan fingerprint density at radius 1 is 0.967 bits per heavy atom. The molecule has 0 spiro atoms. The topological polar surface area (TPSA) is 79.8 Å². The standard InChI is InChI=1S/C23H20ClN3O3/c1-2-30-19-13-7-16(8-14-19)15-25-27-22(28)17-9-11-18(12-10-17)26-23(29)20-5-3-4-6-21(20)24/h3-15H,2H2,1H3,(H,26,29)(H,27,28)/b25-15-. The van der Waals surface area contributed by atoms with Gasteiger partial charge >= 0.3 is 0 Å². The number of hydrogen-bond donors (Lipinski definition) is 2. The van der Waals surface area contributed by atoms with Crippen LogP contribution in [0, 0.1) is 0 Å². The van der Waals surface area contributed by atoms with Gasteiger partial charge in [0.2, 0.25) is 0 Å². The van der Waals surface area contributed by atoms with Gasteiger partial charge in [-0.25, -0.2) is 5.43 Å². The van der Waals surface area contributed by atoms with Crippen molar-refractivity contribution < 1.29 is 14.3 Å². The normalized spacial score (nSPS) is 10.6. The van der Waals surface area contributed by atoms with E-state index < -0.39 is 0 Å². The van der Waals surface area contributed by atoms with Gasteiger partial charge in [0, 0.05) is 11.3 Å². The number of carbonyl (C=O) groups excluding carboxylic acids is 2. The Balaban J connectivity index is 1.55. The molecule has 0 atom stereocenters. The highest BCUT2D eigenvalue weighted by atomic mass is 35.5. The molecule has 2 N–H and O–H groups in total. The van der Waals surface area contributed by atoms with Crippen LogP contribution < -0.4 is 15.5 Å². The zero-order chi connectivity index (χ0) is 21.3. The Bertz CT molecular complexity index is 1050. The summed E-state index contributed by atoms with van der Waals surface area (Å²) in [5, 5.41) is 7.08. The highest BCUT2D eigenvalue weighted by Gasteiger charge is 2.10. The molecule has 30 heavy (non-hydrogen) atoms. The van der Waals surface area contributed by atoms with Gasteiger partial charge in [0.1, 0.15) is 5.75 Å². The average Bonchev–Trinajstić information content (AvgIpc) is 2.76. The lowest BCUT2D eigenvalue weighted by atomic mass is 10.1. The lowest BCUT2D eigenvalue weighted by Crippen LogP contribution is -2.18. The minimum absolute atomic E-state index is 0.322. The van der Waals surface area contributed by atoms with Crippen LogP contribution in [0.4, 0.5) is 5.69 Å². The van der Waals surface area contributed by atoms with Crippen LogP contribution in [0.15, 0.2) is 77.9 Å². The van der Waals surface area contributed by atoms with Crippen molar-refractivity contribution in [3.63, 3.8) is 0 Å². The maximum Gasteiger partial charge on any atom is 0.271 e. The Kier molecular flexibility index (Phi) is 7.19. The fraction of sp³-hybridized carbons (Fsp3) is 0.0870. The van der Waals surface area contributed by atoms with Crippen LogP contribution in [-0.4, -0.2) is 24.6 Å². The van der Waals surface area contributed by atoms with Gasteiger partial charge in [-0.2, -0.15) is 5.10 Å². The smallest absolute Gasteiger partial charge is 0.271 e. The molecule has 3 aromatic rings. The molecule has 0 saturated heterocycles. The number of rotatable bonds is 7.